The van der Waals surface area contributed by atoms with Crippen molar-refractivity contribution >= 4 is 37.3 Å². The zero-order valence-corrected chi connectivity index (χ0v) is 13.0. The van der Waals surface area contributed by atoms with Crippen LogP contribution >= 0.6 is 27.3 Å². The molecule has 2 rings (SSSR count). The van der Waals surface area contributed by atoms with Gasteiger partial charge in [-0.2, -0.15) is 11.3 Å². The Morgan fingerprint density at radius 2 is 1.95 bits per heavy atom. The Morgan fingerprint density at radius 1 is 1.26 bits per heavy atom. The number of halogens is 1. The zero-order chi connectivity index (χ0) is 13.9. The summed E-state index contributed by atoms with van der Waals surface area (Å²) in [7, 11) is -3.59. The van der Waals surface area contributed by atoms with E-state index in [4.69, 9.17) is 0 Å². The van der Waals surface area contributed by atoms with E-state index in [1.165, 1.54) is 23.5 Å². The molecule has 19 heavy (non-hydrogen) atoms. The number of rotatable bonds is 5. The van der Waals surface area contributed by atoms with Gasteiger partial charge in [-0.1, -0.05) is 15.9 Å². The van der Waals surface area contributed by atoms with Crippen molar-refractivity contribution in [3.63, 3.8) is 0 Å². The van der Waals surface area contributed by atoms with Gasteiger partial charge >= 0.3 is 0 Å². The largest absolute Gasteiger partial charge is 0.387 e. The van der Waals surface area contributed by atoms with Crippen molar-refractivity contribution in [2.24, 2.45) is 0 Å². The predicted molar refractivity (Wildman–Crippen MR) is 78.6 cm³/mol. The number of thiophene rings is 1. The first-order chi connectivity index (χ1) is 8.99. The highest BCUT2D eigenvalue weighted by Crippen LogP contribution is 2.17. The maximum absolute atomic E-state index is 12.0. The number of benzene rings is 1. The van der Waals surface area contributed by atoms with Crippen LogP contribution in [0.5, 0.6) is 0 Å². The molecule has 2 aromatic rings. The van der Waals surface area contributed by atoms with Gasteiger partial charge in [-0.05, 0) is 46.7 Å². The van der Waals surface area contributed by atoms with Gasteiger partial charge in [0.1, 0.15) is 0 Å². The molecule has 4 nitrogen and oxygen atoms in total. The van der Waals surface area contributed by atoms with Crippen LogP contribution in [0.4, 0.5) is 0 Å². The van der Waals surface area contributed by atoms with Crippen molar-refractivity contribution in [3.05, 3.63) is 51.1 Å². The first kappa shape index (κ1) is 14.7. The van der Waals surface area contributed by atoms with Crippen molar-refractivity contribution < 1.29 is 13.5 Å². The lowest BCUT2D eigenvalue weighted by atomic mass is 10.2. The monoisotopic (exact) mass is 361 g/mol. The Bertz CT molecular complexity index is 624. The molecule has 7 heteroatoms. The Labute approximate surface area is 124 Å². The second kappa shape index (κ2) is 6.15. The highest BCUT2D eigenvalue weighted by atomic mass is 79.9. The fourth-order valence-electron chi connectivity index (χ4n) is 1.47. The molecule has 1 unspecified atom stereocenters. The molecule has 0 aliphatic heterocycles. The van der Waals surface area contributed by atoms with E-state index in [-0.39, 0.29) is 11.4 Å². The molecule has 1 aromatic heterocycles. The van der Waals surface area contributed by atoms with E-state index in [9.17, 15) is 13.5 Å². The number of aliphatic hydroxyl groups is 1. The number of hydrogen-bond acceptors (Lipinski definition) is 4. The second-order valence-corrected chi connectivity index (χ2v) is 7.34. The van der Waals surface area contributed by atoms with Gasteiger partial charge in [-0.25, -0.2) is 13.1 Å². The molecule has 0 saturated heterocycles. The summed E-state index contributed by atoms with van der Waals surface area (Å²) in [5, 5.41) is 13.5. The summed E-state index contributed by atoms with van der Waals surface area (Å²) < 4.78 is 27.2. The van der Waals surface area contributed by atoms with Gasteiger partial charge in [0, 0.05) is 11.0 Å². The van der Waals surface area contributed by atoms with Crippen LogP contribution in [0.3, 0.4) is 0 Å². The fourth-order valence-corrected chi connectivity index (χ4v) is 3.48. The molecule has 0 saturated carbocycles. The van der Waals surface area contributed by atoms with Crippen LogP contribution in [0.25, 0.3) is 0 Å². The van der Waals surface area contributed by atoms with Gasteiger partial charge < -0.3 is 5.11 Å². The minimum absolute atomic E-state index is 0.0465. The first-order valence-electron chi connectivity index (χ1n) is 5.44. The SMILES string of the molecule is O=S(=O)(NCC(O)c1ccsc1)c1ccc(Br)cc1. The maximum Gasteiger partial charge on any atom is 0.240 e. The van der Waals surface area contributed by atoms with E-state index in [1.54, 1.807) is 23.6 Å². The van der Waals surface area contributed by atoms with Crippen molar-refractivity contribution in [2.75, 3.05) is 6.54 Å². The first-order valence-corrected chi connectivity index (χ1v) is 8.66. The van der Waals surface area contributed by atoms with E-state index >= 15 is 0 Å². The van der Waals surface area contributed by atoms with Gasteiger partial charge in [0.2, 0.25) is 10.0 Å². The molecular formula is C12H12BrNO3S2. The quantitative estimate of drug-likeness (QED) is 0.859. The van der Waals surface area contributed by atoms with Crippen molar-refractivity contribution in [1.82, 2.24) is 4.72 Å². The number of hydrogen-bond donors (Lipinski definition) is 2. The van der Waals surface area contributed by atoms with Crippen molar-refractivity contribution in [1.29, 1.82) is 0 Å². The van der Waals surface area contributed by atoms with Crippen LogP contribution in [-0.2, 0) is 10.0 Å². The lowest BCUT2D eigenvalue weighted by Crippen LogP contribution is -2.28. The van der Waals surface area contributed by atoms with Crippen LogP contribution in [0, 0.1) is 0 Å². The van der Waals surface area contributed by atoms with Crippen LogP contribution in [0.1, 0.15) is 11.7 Å². The minimum Gasteiger partial charge on any atom is -0.387 e. The highest BCUT2D eigenvalue weighted by molar-refractivity contribution is 9.10. The maximum atomic E-state index is 12.0. The average Bonchev–Trinajstić information content (AvgIpc) is 2.90. The Balaban J connectivity index is 2.04. The second-order valence-electron chi connectivity index (χ2n) is 3.88. The fraction of sp³-hybridized carbons (Fsp3) is 0.167. The van der Waals surface area contributed by atoms with E-state index in [1.807, 2.05) is 5.38 Å². The summed E-state index contributed by atoms with van der Waals surface area (Å²) in [4.78, 5) is 0.174. The van der Waals surface area contributed by atoms with Gasteiger partial charge in [-0.15, -0.1) is 0 Å². The minimum atomic E-state index is -3.59. The third-order valence-corrected chi connectivity index (χ3v) is 5.19. The number of aliphatic hydroxyl groups excluding tert-OH is 1. The number of sulfonamides is 1. The molecule has 2 N–H and O–H groups in total. The third kappa shape index (κ3) is 3.87. The van der Waals surface area contributed by atoms with Crippen LogP contribution in [0.2, 0.25) is 0 Å². The van der Waals surface area contributed by atoms with Gasteiger partial charge in [0.05, 0.1) is 11.0 Å². The lowest BCUT2D eigenvalue weighted by molar-refractivity contribution is 0.182. The van der Waals surface area contributed by atoms with E-state index < -0.39 is 16.1 Å². The zero-order valence-electron chi connectivity index (χ0n) is 9.78. The standard InChI is InChI=1S/C12H12BrNO3S2/c13-10-1-3-11(4-2-10)19(16,17)14-7-12(15)9-5-6-18-8-9/h1-6,8,12,14-15H,7H2. The van der Waals surface area contributed by atoms with Crippen molar-refractivity contribution in [3.8, 4) is 0 Å². The Kier molecular flexibility index (Phi) is 4.75. The molecule has 0 spiro atoms. The van der Waals surface area contributed by atoms with Crippen LogP contribution < -0.4 is 4.72 Å². The molecule has 0 aliphatic carbocycles. The molecule has 0 amide bonds. The molecule has 1 atom stereocenters. The normalized spacial score (nSPS) is 13.4. The van der Waals surface area contributed by atoms with E-state index in [0.717, 1.165) is 4.47 Å². The Hall–Kier alpha value is -0.730. The Morgan fingerprint density at radius 3 is 2.53 bits per heavy atom. The molecule has 0 bridgehead atoms. The average molecular weight is 362 g/mol. The molecule has 1 aromatic carbocycles. The van der Waals surface area contributed by atoms with Crippen molar-refractivity contribution in [2.45, 2.75) is 11.0 Å². The summed E-state index contributed by atoms with van der Waals surface area (Å²) in [6, 6.07) is 8.09. The summed E-state index contributed by atoms with van der Waals surface area (Å²) >= 11 is 4.70. The van der Waals surface area contributed by atoms with E-state index in [0.29, 0.717) is 5.56 Å². The summed E-state index contributed by atoms with van der Waals surface area (Å²) in [5.41, 5.74) is 0.712. The van der Waals surface area contributed by atoms with Gasteiger partial charge in [-0.3, -0.25) is 0 Å². The number of nitrogens with one attached hydrogen (secondary N) is 1. The molecule has 0 fully saturated rings. The molecule has 0 aliphatic rings. The van der Waals surface area contributed by atoms with Crippen LogP contribution in [-0.4, -0.2) is 20.1 Å². The lowest BCUT2D eigenvalue weighted by Gasteiger charge is -2.11. The molecule has 102 valence electrons. The molecule has 0 radical (unpaired) electrons. The molecular weight excluding hydrogens is 350 g/mol. The summed E-state index contributed by atoms with van der Waals surface area (Å²) in [5.74, 6) is 0. The molecule has 1 heterocycles. The van der Waals surface area contributed by atoms with Gasteiger partial charge in [0.15, 0.2) is 0 Å². The summed E-state index contributed by atoms with van der Waals surface area (Å²) in [6.07, 6.45) is -0.837. The summed E-state index contributed by atoms with van der Waals surface area (Å²) in [6.45, 7) is -0.0465. The van der Waals surface area contributed by atoms with Crippen LogP contribution in [0.15, 0.2) is 50.5 Å². The predicted octanol–water partition coefficient (Wildman–Crippen LogP) is 2.52. The highest BCUT2D eigenvalue weighted by Gasteiger charge is 2.16. The topological polar surface area (TPSA) is 66.4 Å². The van der Waals surface area contributed by atoms with E-state index in [2.05, 4.69) is 20.7 Å². The smallest absolute Gasteiger partial charge is 0.240 e. The van der Waals surface area contributed by atoms with Gasteiger partial charge in [0.25, 0.3) is 0 Å². The third-order valence-electron chi connectivity index (χ3n) is 2.52.